The molecule has 0 unspecified atom stereocenters. The maximum Gasteiger partial charge on any atom is 0.108 e. The fraction of sp³-hybridized carbons (Fsp3) is 0.105. The van der Waals surface area contributed by atoms with Gasteiger partial charge in [0, 0.05) is 24.0 Å². The number of benzene rings is 1. The lowest BCUT2D eigenvalue weighted by atomic mass is 10.0. The quantitative estimate of drug-likeness (QED) is 0.573. The number of aromatic nitrogens is 4. The van der Waals surface area contributed by atoms with Crippen molar-refractivity contribution in [1.29, 1.82) is 0 Å². The standard InChI is InChI=1S/C19H16N4/c1-2-14-10-21-19(17-8-4-3-7-16(14)17)18-12-23(13-22-18)15-6-5-9-20-11-15/h3-13H,2H2,1H3. The van der Waals surface area contributed by atoms with Gasteiger partial charge in [-0.15, -0.1) is 0 Å². The molecule has 0 aliphatic carbocycles. The van der Waals surface area contributed by atoms with Crippen molar-refractivity contribution < 1.29 is 0 Å². The van der Waals surface area contributed by atoms with E-state index in [1.807, 2.05) is 41.4 Å². The molecule has 0 bridgehead atoms. The zero-order valence-corrected chi connectivity index (χ0v) is 12.8. The molecule has 4 aromatic rings. The number of nitrogens with zero attached hydrogens (tertiary/aromatic N) is 4. The molecule has 0 spiro atoms. The Labute approximate surface area is 134 Å². The lowest BCUT2D eigenvalue weighted by Crippen LogP contribution is -1.92. The molecule has 4 heteroatoms. The minimum Gasteiger partial charge on any atom is -0.304 e. The van der Waals surface area contributed by atoms with Crippen molar-refractivity contribution in [2.75, 3.05) is 0 Å². The van der Waals surface area contributed by atoms with Gasteiger partial charge in [-0.2, -0.15) is 0 Å². The van der Waals surface area contributed by atoms with Crippen molar-refractivity contribution >= 4 is 10.8 Å². The molecule has 0 radical (unpaired) electrons. The number of aryl methyl sites for hydroxylation is 1. The highest BCUT2D eigenvalue weighted by Gasteiger charge is 2.11. The summed E-state index contributed by atoms with van der Waals surface area (Å²) in [6, 6.07) is 12.3. The van der Waals surface area contributed by atoms with Crippen LogP contribution in [0, 0.1) is 0 Å². The van der Waals surface area contributed by atoms with E-state index in [4.69, 9.17) is 0 Å². The van der Waals surface area contributed by atoms with Crippen LogP contribution in [-0.4, -0.2) is 19.5 Å². The van der Waals surface area contributed by atoms with E-state index in [0.717, 1.165) is 28.9 Å². The Morgan fingerprint density at radius 2 is 1.83 bits per heavy atom. The van der Waals surface area contributed by atoms with Gasteiger partial charge < -0.3 is 4.57 Å². The Morgan fingerprint density at radius 3 is 2.61 bits per heavy atom. The molecule has 0 N–H and O–H groups in total. The summed E-state index contributed by atoms with van der Waals surface area (Å²) in [5.41, 5.74) is 4.03. The molecule has 0 saturated carbocycles. The molecule has 3 aromatic heterocycles. The summed E-state index contributed by atoms with van der Waals surface area (Å²) in [6.07, 6.45) is 10.3. The Hall–Kier alpha value is -3.01. The fourth-order valence-electron chi connectivity index (χ4n) is 2.83. The van der Waals surface area contributed by atoms with Gasteiger partial charge in [-0.25, -0.2) is 4.98 Å². The predicted octanol–water partition coefficient (Wildman–Crippen LogP) is 4.04. The highest BCUT2D eigenvalue weighted by atomic mass is 15.0. The molecule has 0 aliphatic heterocycles. The number of rotatable bonds is 3. The molecule has 23 heavy (non-hydrogen) atoms. The van der Waals surface area contributed by atoms with Crippen LogP contribution < -0.4 is 0 Å². The predicted molar refractivity (Wildman–Crippen MR) is 91.5 cm³/mol. The van der Waals surface area contributed by atoms with E-state index < -0.39 is 0 Å². The van der Waals surface area contributed by atoms with Gasteiger partial charge in [-0.05, 0) is 29.5 Å². The van der Waals surface area contributed by atoms with Crippen LogP contribution in [0.2, 0.25) is 0 Å². The molecule has 3 heterocycles. The van der Waals surface area contributed by atoms with E-state index in [9.17, 15) is 0 Å². The van der Waals surface area contributed by atoms with Crippen LogP contribution in [-0.2, 0) is 6.42 Å². The average Bonchev–Trinajstić information content (AvgIpc) is 3.11. The topological polar surface area (TPSA) is 43.6 Å². The third kappa shape index (κ3) is 2.38. The number of hydrogen-bond donors (Lipinski definition) is 0. The minimum atomic E-state index is 0.868. The summed E-state index contributed by atoms with van der Waals surface area (Å²) in [6.45, 7) is 2.15. The largest absolute Gasteiger partial charge is 0.304 e. The van der Waals surface area contributed by atoms with Crippen LogP contribution in [0.15, 0.2) is 67.5 Å². The van der Waals surface area contributed by atoms with Crippen LogP contribution in [0.5, 0.6) is 0 Å². The Morgan fingerprint density at radius 1 is 0.957 bits per heavy atom. The molecular formula is C19H16N4. The van der Waals surface area contributed by atoms with Gasteiger partial charge >= 0.3 is 0 Å². The molecule has 0 atom stereocenters. The second-order valence-electron chi connectivity index (χ2n) is 5.41. The van der Waals surface area contributed by atoms with E-state index in [2.05, 4.69) is 40.1 Å². The SMILES string of the molecule is CCc1cnc(-c2cn(-c3cccnc3)cn2)c2ccccc12. The lowest BCUT2D eigenvalue weighted by molar-refractivity contribution is 1.04. The van der Waals surface area contributed by atoms with Gasteiger partial charge in [-0.3, -0.25) is 9.97 Å². The maximum absolute atomic E-state index is 4.66. The zero-order valence-electron chi connectivity index (χ0n) is 12.8. The van der Waals surface area contributed by atoms with E-state index in [1.165, 1.54) is 10.9 Å². The highest BCUT2D eigenvalue weighted by molar-refractivity contribution is 5.95. The third-order valence-corrected chi connectivity index (χ3v) is 4.03. The van der Waals surface area contributed by atoms with E-state index in [1.54, 1.807) is 12.5 Å². The Bertz CT molecular complexity index is 957. The molecule has 0 saturated heterocycles. The molecule has 4 rings (SSSR count). The van der Waals surface area contributed by atoms with E-state index in [-0.39, 0.29) is 0 Å². The summed E-state index contributed by atoms with van der Waals surface area (Å²) in [4.78, 5) is 13.4. The van der Waals surface area contributed by atoms with Crippen LogP contribution in [0.25, 0.3) is 27.8 Å². The van der Waals surface area contributed by atoms with Gasteiger partial charge in [0.05, 0.1) is 17.6 Å². The smallest absolute Gasteiger partial charge is 0.108 e. The van der Waals surface area contributed by atoms with Crippen molar-refractivity contribution in [2.45, 2.75) is 13.3 Å². The Kier molecular flexibility index (Phi) is 3.35. The average molecular weight is 300 g/mol. The zero-order chi connectivity index (χ0) is 15.6. The van der Waals surface area contributed by atoms with Crippen molar-refractivity contribution in [3.8, 4) is 17.1 Å². The molecular weight excluding hydrogens is 284 g/mol. The highest BCUT2D eigenvalue weighted by Crippen LogP contribution is 2.28. The van der Waals surface area contributed by atoms with E-state index in [0.29, 0.717) is 0 Å². The second-order valence-corrected chi connectivity index (χ2v) is 5.41. The molecule has 112 valence electrons. The number of fused-ring (bicyclic) bond motifs is 1. The summed E-state index contributed by atoms with van der Waals surface area (Å²) in [7, 11) is 0. The molecule has 0 aliphatic rings. The van der Waals surface area contributed by atoms with Gasteiger partial charge in [0.1, 0.15) is 12.0 Å². The summed E-state index contributed by atoms with van der Waals surface area (Å²) in [5, 5.41) is 2.39. The van der Waals surface area contributed by atoms with Gasteiger partial charge in [-0.1, -0.05) is 31.2 Å². The van der Waals surface area contributed by atoms with Crippen molar-refractivity contribution in [1.82, 2.24) is 19.5 Å². The lowest BCUT2D eigenvalue weighted by Gasteiger charge is -2.07. The molecule has 0 amide bonds. The van der Waals surface area contributed by atoms with Gasteiger partial charge in [0.25, 0.3) is 0 Å². The fourth-order valence-corrected chi connectivity index (χ4v) is 2.83. The first-order chi connectivity index (χ1) is 11.4. The van der Waals surface area contributed by atoms with Crippen molar-refractivity contribution in [3.05, 3.63) is 73.1 Å². The monoisotopic (exact) mass is 300 g/mol. The van der Waals surface area contributed by atoms with Gasteiger partial charge in [0.15, 0.2) is 0 Å². The van der Waals surface area contributed by atoms with E-state index >= 15 is 0 Å². The van der Waals surface area contributed by atoms with Crippen molar-refractivity contribution in [2.24, 2.45) is 0 Å². The first kappa shape index (κ1) is 13.6. The number of pyridine rings is 2. The minimum absolute atomic E-state index is 0.868. The summed E-state index contributed by atoms with van der Waals surface area (Å²) in [5.74, 6) is 0. The van der Waals surface area contributed by atoms with Crippen LogP contribution >= 0.6 is 0 Å². The first-order valence-corrected chi connectivity index (χ1v) is 7.68. The van der Waals surface area contributed by atoms with Crippen molar-refractivity contribution in [3.63, 3.8) is 0 Å². The van der Waals surface area contributed by atoms with Crippen LogP contribution in [0.3, 0.4) is 0 Å². The molecule has 1 aromatic carbocycles. The van der Waals surface area contributed by atoms with Gasteiger partial charge in [0.2, 0.25) is 0 Å². The second kappa shape index (κ2) is 5.65. The third-order valence-electron chi connectivity index (χ3n) is 4.03. The summed E-state index contributed by atoms with van der Waals surface area (Å²) < 4.78 is 1.96. The molecule has 4 nitrogen and oxygen atoms in total. The number of hydrogen-bond acceptors (Lipinski definition) is 3. The first-order valence-electron chi connectivity index (χ1n) is 7.68. The molecule has 0 fully saturated rings. The number of imidazole rings is 1. The Balaban J connectivity index is 1.86. The normalized spacial score (nSPS) is 11.0. The summed E-state index contributed by atoms with van der Waals surface area (Å²) >= 11 is 0. The van der Waals surface area contributed by atoms with Crippen LogP contribution in [0.1, 0.15) is 12.5 Å². The van der Waals surface area contributed by atoms with Crippen LogP contribution in [0.4, 0.5) is 0 Å². The maximum atomic E-state index is 4.66.